The number of hydrogen-bond acceptors (Lipinski definition) is 6. The number of aromatic nitrogens is 3. The molecule has 5 rings (SSSR count). The van der Waals surface area contributed by atoms with E-state index in [2.05, 4.69) is 10.2 Å². The normalized spacial score (nSPS) is 20.0. The standard InChI is InChI=1S/C26H28ClN3O5/c1-33-20-10-6-9-17(24(20)34-2)23-18-13-16(27)11-12-19(18)30-25(15-7-4-3-5-8-15)28-29-26(30)21(35-23)14-22(31)32/h6,9-13,15,21,23H,3-5,7-8,14H2,1-2H3,(H,31,32). The van der Waals surface area contributed by atoms with E-state index in [0.29, 0.717) is 27.9 Å². The van der Waals surface area contributed by atoms with Crippen LogP contribution in [-0.4, -0.2) is 40.1 Å². The van der Waals surface area contributed by atoms with Crippen LogP contribution >= 0.6 is 11.6 Å². The van der Waals surface area contributed by atoms with Crippen molar-refractivity contribution in [3.8, 4) is 17.2 Å². The van der Waals surface area contributed by atoms with Gasteiger partial charge in [0.1, 0.15) is 18.0 Å². The summed E-state index contributed by atoms with van der Waals surface area (Å²) < 4.78 is 19.8. The Hall–Kier alpha value is -3.10. The number of nitrogens with zero attached hydrogens (tertiary/aromatic N) is 3. The van der Waals surface area contributed by atoms with Crippen molar-refractivity contribution in [2.45, 2.75) is 56.7 Å². The highest BCUT2D eigenvalue weighted by Gasteiger charge is 2.37. The van der Waals surface area contributed by atoms with Gasteiger partial charge in [0.2, 0.25) is 0 Å². The molecule has 9 heteroatoms. The summed E-state index contributed by atoms with van der Waals surface area (Å²) in [7, 11) is 3.15. The number of rotatable bonds is 6. The average molecular weight is 498 g/mol. The van der Waals surface area contributed by atoms with E-state index in [0.717, 1.165) is 42.8 Å². The lowest BCUT2D eigenvalue weighted by Gasteiger charge is -2.24. The number of para-hydroxylation sites is 1. The molecule has 1 aliphatic carbocycles. The zero-order valence-corrected chi connectivity index (χ0v) is 20.5. The van der Waals surface area contributed by atoms with Gasteiger partial charge in [-0.15, -0.1) is 10.2 Å². The molecular formula is C26H28ClN3O5. The number of hydrogen-bond donors (Lipinski definition) is 1. The molecule has 1 aliphatic heterocycles. The smallest absolute Gasteiger partial charge is 0.306 e. The highest BCUT2D eigenvalue weighted by Crippen LogP contribution is 2.47. The molecule has 35 heavy (non-hydrogen) atoms. The van der Waals surface area contributed by atoms with Crippen molar-refractivity contribution in [3.63, 3.8) is 0 Å². The second kappa shape index (κ2) is 9.87. The van der Waals surface area contributed by atoms with E-state index in [1.165, 1.54) is 6.42 Å². The van der Waals surface area contributed by atoms with Gasteiger partial charge in [-0.1, -0.05) is 43.0 Å². The first-order valence-electron chi connectivity index (χ1n) is 11.8. The van der Waals surface area contributed by atoms with Crippen molar-refractivity contribution in [1.82, 2.24) is 14.8 Å². The fourth-order valence-electron chi connectivity index (χ4n) is 5.28. The van der Waals surface area contributed by atoms with Crippen LogP contribution in [0.4, 0.5) is 0 Å². The van der Waals surface area contributed by atoms with Crippen LogP contribution in [-0.2, 0) is 9.53 Å². The lowest BCUT2D eigenvalue weighted by molar-refractivity contribution is -0.141. The quantitative estimate of drug-likeness (QED) is 0.472. The molecule has 0 saturated heterocycles. The molecule has 2 heterocycles. The Morgan fingerprint density at radius 2 is 1.86 bits per heavy atom. The zero-order chi connectivity index (χ0) is 24.5. The minimum atomic E-state index is -0.982. The fraction of sp³-hybridized carbons (Fsp3) is 0.423. The van der Waals surface area contributed by atoms with Gasteiger partial charge in [0.15, 0.2) is 17.3 Å². The van der Waals surface area contributed by atoms with E-state index >= 15 is 0 Å². The Balaban J connectivity index is 1.74. The monoisotopic (exact) mass is 497 g/mol. The molecule has 0 amide bonds. The van der Waals surface area contributed by atoms with Gasteiger partial charge >= 0.3 is 5.97 Å². The first-order valence-corrected chi connectivity index (χ1v) is 12.2. The number of carboxylic acids is 1. The predicted molar refractivity (Wildman–Crippen MR) is 130 cm³/mol. The lowest BCUT2D eigenvalue weighted by atomic mass is 9.88. The SMILES string of the molecule is COc1cccc(C2OC(CC(=O)O)c3nnc(C4CCCCC4)n3-c3ccc(Cl)cc32)c1OC. The Labute approximate surface area is 208 Å². The molecule has 1 N–H and O–H groups in total. The van der Waals surface area contributed by atoms with Gasteiger partial charge in [0.05, 0.1) is 26.3 Å². The second-order valence-corrected chi connectivity index (χ2v) is 9.41. The van der Waals surface area contributed by atoms with Gasteiger partial charge in [-0.2, -0.15) is 0 Å². The Morgan fingerprint density at radius 3 is 2.57 bits per heavy atom. The van der Waals surface area contributed by atoms with Gasteiger partial charge in [0.25, 0.3) is 0 Å². The number of carbonyl (C=O) groups is 1. The van der Waals surface area contributed by atoms with E-state index in [-0.39, 0.29) is 12.3 Å². The third-order valence-corrected chi connectivity index (χ3v) is 7.10. The highest BCUT2D eigenvalue weighted by atomic mass is 35.5. The van der Waals surface area contributed by atoms with Crippen molar-refractivity contribution in [1.29, 1.82) is 0 Å². The van der Waals surface area contributed by atoms with Gasteiger partial charge in [-0.05, 0) is 37.1 Å². The average Bonchev–Trinajstić information content (AvgIpc) is 3.26. The molecular weight excluding hydrogens is 470 g/mol. The van der Waals surface area contributed by atoms with Crippen molar-refractivity contribution in [3.05, 3.63) is 64.2 Å². The minimum absolute atomic E-state index is 0.252. The lowest BCUT2D eigenvalue weighted by Crippen LogP contribution is -2.16. The molecule has 2 aliphatic rings. The molecule has 0 radical (unpaired) electrons. The molecule has 1 aromatic heterocycles. The van der Waals surface area contributed by atoms with Crippen LogP contribution in [0.2, 0.25) is 5.02 Å². The number of aliphatic carboxylic acids is 1. The van der Waals surface area contributed by atoms with E-state index < -0.39 is 18.2 Å². The number of carboxylic acid groups (broad SMARTS) is 1. The molecule has 0 spiro atoms. The van der Waals surface area contributed by atoms with Gasteiger partial charge < -0.3 is 19.3 Å². The maximum atomic E-state index is 11.9. The topological polar surface area (TPSA) is 95.7 Å². The Morgan fingerprint density at radius 1 is 1.09 bits per heavy atom. The van der Waals surface area contributed by atoms with Crippen molar-refractivity contribution >= 4 is 17.6 Å². The molecule has 1 fully saturated rings. The number of methoxy groups -OCH3 is 2. The Kier molecular flexibility index (Phi) is 6.67. The van der Waals surface area contributed by atoms with E-state index in [1.807, 2.05) is 41.0 Å². The van der Waals surface area contributed by atoms with Crippen molar-refractivity contribution in [2.24, 2.45) is 0 Å². The first-order chi connectivity index (χ1) is 17.0. The molecule has 2 atom stereocenters. The maximum absolute atomic E-state index is 11.9. The second-order valence-electron chi connectivity index (χ2n) is 8.98. The minimum Gasteiger partial charge on any atom is -0.493 e. The molecule has 0 bridgehead atoms. The summed E-state index contributed by atoms with van der Waals surface area (Å²) in [6, 6.07) is 11.2. The summed E-state index contributed by atoms with van der Waals surface area (Å²) in [6.07, 6.45) is 3.79. The first kappa shape index (κ1) is 23.6. The highest BCUT2D eigenvalue weighted by molar-refractivity contribution is 6.30. The van der Waals surface area contributed by atoms with E-state index in [4.69, 9.17) is 25.8 Å². The van der Waals surface area contributed by atoms with Crippen LogP contribution in [0.15, 0.2) is 36.4 Å². The summed E-state index contributed by atoms with van der Waals surface area (Å²) >= 11 is 6.48. The van der Waals surface area contributed by atoms with Crippen LogP contribution in [0.1, 0.15) is 79.4 Å². The maximum Gasteiger partial charge on any atom is 0.306 e. The molecule has 1 saturated carbocycles. The third-order valence-electron chi connectivity index (χ3n) is 6.86. The molecule has 2 aromatic carbocycles. The summed E-state index contributed by atoms with van der Waals surface area (Å²) in [5.74, 6) is 1.68. The summed E-state index contributed by atoms with van der Waals surface area (Å²) in [5, 5.41) is 19.3. The molecule has 8 nitrogen and oxygen atoms in total. The fourth-order valence-corrected chi connectivity index (χ4v) is 5.46. The largest absolute Gasteiger partial charge is 0.493 e. The van der Waals surface area contributed by atoms with Crippen LogP contribution in [0.5, 0.6) is 11.5 Å². The molecule has 2 unspecified atom stereocenters. The van der Waals surface area contributed by atoms with Crippen LogP contribution in [0.25, 0.3) is 5.69 Å². The summed E-state index contributed by atoms with van der Waals surface area (Å²) in [4.78, 5) is 11.9. The van der Waals surface area contributed by atoms with E-state index in [9.17, 15) is 9.90 Å². The van der Waals surface area contributed by atoms with Crippen LogP contribution in [0.3, 0.4) is 0 Å². The van der Waals surface area contributed by atoms with Gasteiger partial charge in [0, 0.05) is 22.1 Å². The summed E-state index contributed by atoms with van der Waals surface area (Å²) in [6.45, 7) is 0. The summed E-state index contributed by atoms with van der Waals surface area (Å²) in [5.41, 5.74) is 2.33. The van der Waals surface area contributed by atoms with Gasteiger partial charge in [-0.25, -0.2) is 0 Å². The number of ether oxygens (including phenoxy) is 3. The molecule has 184 valence electrons. The number of fused-ring (bicyclic) bond motifs is 3. The number of benzene rings is 2. The van der Waals surface area contributed by atoms with Gasteiger partial charge in [-0.3, -0.25) is 9.36 Å². The predicted octanol–water partition coefficient (Wildman–Crippen LogP) is 5.62. The third kappa shape index (κ3) is 4.36. The van der Waals surface area contributed by atoms with E-state index in [1.54, 1.807) is 14.2 Å². The van der Waals surface area contributed by atoms with Crippen molar-refractivity contribution in [2.75, 3.05) is 14.2 Å². The zero-order valence-electron chi connectivity index (χ0n) is 19.7. The van der Waals surface area contributed by atoms with Crippen LogP contribution < -0.4 is 9.47 Å². The van der Waals surface area contributed by atoms with Crippen LogP contribution in [0, 0.1) is 0 Å². The number of halogens is 1. The Bertz CT molecular complexity index is 1240. The van der Waals surface area contributed by atoms with Crippen molar-refractivity contribution < 1.29 is 24.1 Å². The molecule has 3 aromatic rings.